The summed E-state index contributed by atoms with van der Waals surface area (Å²) >= 11 is 0. The number of aromatic amines is 1. The van der Waals surface area contributed by atoms with Crippen LogP contribution in [0.15, 0.2) is 17.3 Å². The van der Waals surface area contributed by atoms with Crippen LogP contribution in [0.4, 0.5) is 0 Å². The highest BCUT2D eigenvalue weighted by Crippen LogP contribution is 2.20. The summed E-state index contributed by atoms with van der Waals surface area (Å²) in [6.07, 6.45) is 6.53. The van der Waals surface area contributed by atoms with Gasteiger partial charge in [-0.15, -0.1) is 0 Å². The number of nitrogens with zero attached hydrogens (tertiary/aromatic N) is 1. The zero-order chi connectivity index (χ0) is 13.0. The number of hydrogen-bond acceptors (Lipinski definition) is 4. The standard InChI is InChI=1S/C11H20N4O2S/c1-2-12-9-3-5-10(6-4-9)15-18(16,17)11-7-13-14-8-11/h7-10,12,15H,2-6H2,1H3,(H,13,14). The van der Waals surface area contributed by atoms with E-state index in [1.54, 1.807) is 0 Å². The van der Waals surface area contributed by atoms with Crippen molar-refractivity contribution in [3.05, 3.63) is 12.4 Å². The number of sulfonamides is 1. The topological polar surface area (TPSA) is 86.9 Å². The molecule has 3 N–H and O–H groups in total. The molecule has 0 atom stereocenters. The van der Waals surface area contributed by atoms with Crippen molar-refractivity contribution in [3.8, 4) is 0 Å². The number of rotatable bonds is 5. The Hall–Kier alpha value is -0.920. The summed E-state index contributed by atoms with van der Waals surface area (Å²) in [6.45, 7) is 3.06. The first-order valence-corrected chi connectivity index (χ1v) is 7.84. The van der Waals surface area contributed by atoms with Crippen LogP contribution >= 0.6 is 0 Å². The second kappa shape index (κ2) is 5.81. The monoisotopic (exact) mass is 272 g/mol. The molecular weight excluding hydrogens is 252 g/mol. The van der Waals surface area contributed by atoms with E-state index in [-0.39, 0.29) is 10.9 Å². The van der Waals surface area contributed by atoms with E-state index in [2.05, 4.69) is 27.2 Å². The van der Waals surface area contributed by atoms with Gasteiger partial charge >= 0.3 is 0 Å². The fraction of sp³-hybridized carbons (Fsp3) is 0.727. The van der Waals surface area contributed by atoms with Crippen molar-refractivity contribution in [1.82, 2.24) is 20.2 Å². The average molecular weight is 272 g/mol. The summed E-state index contributed by atoms with van der Waals surface area (Å²) < 4.78 is 26.7. The van der Waals surface area contributed by atoms with Crippen molar-refractivity contribution in [2.24, 2.45) is 0 Å². The smallest absolute Gasteiger partial charge is 0.243 e. The molecule has 0 radical (unpaired) electrons. The zero-order valence-corrected chi connectivity index (χ0v) is 11.3. The lowest BCUT2D eigenvalue weighted by molar-refractivity contribution is 0.333. The van der Waals surface area contributed by atoms with E-state index in [0.29, 0.717) is 6.04 Å². The Balaban J connectivity index is 1.88. The number of aromatic nitrogens is 2. The van der Waals surface area contributed by atoms with Gasteiger partial charge in [-0.2, -0.15) is 5.10 Å². The summed E-state index contributed by atoms with van der Waals surface area (Å²) in [7, 11) is -3.41. The summed E-state index contributed by atoms with van der Waals surface area (Å²) in [4.78, 5) is 0.205. The molecule has 18 heavy (non-hydrogen) atoms. The molecule has 1 fully saturated rings. The van der Waals surface area contributed by atoms with E-state index < -0.39 is 10.0 Å². The Labute approximate surface area is 108 Å². The Bertz CT molecular complexity index is 449. The van der Waals surface area contributed by atoms with Gasteiger partial charge in [0.25, 0.3) is 0 Å². The largest absolute Gasteiger partial charge is 0.314 e. The summed E-state index contributed by atoms with van der Waals surface area (Å²) in [6, 6.07) is 0.574. The molecule has 1 heterocycles. The second-order valence-corrected chi connectivity index (χ2v) is 6.38. The van der Waals surface area contributed by atoms with Crippen LogP contribution in [0.3, 0.4) is 0 Å². The van der Waals surface area contributed by atoms with Crippen molar-refractivity contribution >= 4 is 10.0 Å². The predicted molar refractivity (Wildman–Crippen MR) is 68.6 cm³/mol. The van der Waals surface area contributed by atoms with Crippen molar-refractivity contribution in [2.75, 3.05) is 6.54 Å². The molecule has 0 aromatic carbocycles. The minimum atomic E-state index is -3.41. The van der Waals surface area contributed by atoms with Gasteiger partial charge in [0.1, 0.15) is 4.90 Å². The molecule has 2 rings (SSSR count). The van der Waals surface area contributed by atoms with Crippen LogP contribution in [-0.4, -0.2) is 37.2 Å². The molecule has 0 saturated heterocycles. The highest BCUT2D eigenvalue weighted by Gasteiger charge is 2.25. The Morgan fingerprint density at radius 1 is 1.33 bits per heavy atom. The minimum Gasteiger partial charge on any atom is -0.314 e. The van der Waals surface area contributed by atoms with Gasteiger partial charge in [0.15, 0.2) is 0 Å². The van der Waals surface area contributed by atoms with Crippen LogP contribution in [0.5, 0.6) is 0 Å². The van der Waals surface area contributed by atoms with Crippen LogP contribution in [0, 0.1) is 0 Å². The normalized spacial score (nSPS) is 25.2. The fourth-order valence-corrected chi connectivity index (χ4v) is 3.59. The fourth-order valence-electron chi connectivity index (χ4n) is 2.38. The van der Waals surface area contributed by atoms with E-state index in [4.69, 9.17) is 0 Å². The third-order valence-corrected chi connectivity index (χ3v) is 4.81. The number of hydrogen-bond donors (Lipinski definition) is 3. The first kappa shape index (κ1) is 13.5. The quantitative estimate of drug-likeness (QED) is 0.733. The van der Waals surface area contributed by atoms with Crippen LogP contribution in [-0.2, 0) is 10.0 Å². The lowest BCUT2D eigenvalue weighted by atomic mass is 9.92. The average Bonchev–Trinajstić information content (AvgIpc) is 2.86. The lowest BCUT2D eigenvalue weighted by Crippen LogP contribution is -2.42. The Morgan fingerprint density at radius 3 is 2.56 bits per heavy atom. The molecule has 1 aromatic heterocycles. The zero-order valence-electron chi connectivity index (χ0n) is 10.5. The highest BCUT2D eigenvalue weighted by atomic mass is 32.2. The van der Waals surface area contributed by atoms with Gasteiger partial charge in [-0.25, -0.2) is 13.1 Å². The van der Waals surface area contributed by atoms with Crippen molar-refractivity contribution in [3.63, 3.8) is 0 Å². The van der Waals surface area contributed by atoms with E-state index in [9.17, 15) is 8.42 Å². The van der Waals surface area contributed by atoms with E-state index in [1.807, 2.05) is 0 Å². The number of nitrogens with one attached hydrogen (secondary N) is 3. The lowest BCUT2D eigenvalue weighted by Gasteiger charge is -2.29. The molecule has 0 aliphatic heterocycles. The second-order valence-electron chi connectivity index (χ2n) is 4.66. The maximum absolute atomic E-state index is 12.0. The van der Waals surface area contributed by atoms with Crippen LogP contribution in [0.25, 0.3) is 0 Å². The van der Waals surface area contributed by atoms with Gasteiger partial charge in [-0.1, -0.05) is 6.92 Å². The van der Waals surface area contributed by atoms with Gasteiger partial charge in [-0.3, -0.25) is 5.10 Å². The molecule has 7 heteroatoms. The molecule has 0 amide bonds. The van der Waals surface area contributed by atoms with Gasteiger partial charge in [0, 0.05) is 18.3 Å². The van der Waals surface area contributed by atoms with Gasteiger partial charge in [-0.05, 0) is 32.2 Å². The molecule has 1 saturated carbocycles. The highest BCUT2D eigenvalue weighted by molar-refractivity contribution is 7.89. The SMILES string of the molecule is CCNC1CCC(NS(=O)(=O)c2cn[nH]c2)CC1. The Morgan fingerprint density at radius 2 is 2.00 bits per heavy atom. The maximum atomic E-state index is 12.0. The van der Waals surface area contributed by atoms with Crippen LogP contribution in [0.1, 0.15) is 32.6 Å². The maximum Gasteiger partial charge on any atom is 0.243 e. The molecule has 1 aliphatic rings. The van der Waals surface area contributed by atoms with Gasteiger partial charge < -0.3 is 5.32 Å². The minimum absolute atomic E-state index is 0.0415. The summed E-state index contributed by atoms with van der Waals surface area (Å²) in [5.74, 6) is 0. The van der Waals surface area contributed by atoms with E-state index >= 15 is 0 Å². The Kier molecular flexibility index (Phi) is 4.36. The van der Waals surface area contributed by atoms with Crippen LogP contribution in [0.2, 0.25) is 0 Å². The van der Waals surface area contributed by atoms with Crippen molar-refractivity contribution in [1.29, 1.82) is 0 Å². The van der Waals surface area contributed by atoms with E-state index in [1.165, 1.54) is 12.4 Å². The predicted octanol–water partition coefficient (Wildman–Crippen LogP) is 0.609. The first-order chi connectivity index (χ1) is 8.62. The third-order valence-electron chi connectivity index (χ3n) is 3.33. The molecule has 1 aliphatic carbocycles. The van der Waals surface area contributed by atoms with Crippen molar-refractivity contribution < 1.29 is 8.42 Å². The molecule has 1 aromatic rings. The molecule has 6 nitrogen and oxygen atoms in total. The summed E-state index contributed by atoms with van der Waals surface area (Å²) in [5, 5.41) is 9.58. The molecule has 102 valence electrons. The van der Waals surface area contributed by atoms with Crippen molar-refractivity contribution in [2.45, 2.75) is 49.6 Å². The molecule has 0 unspecified atom stereocenters. The first-order valence-electron chi connectivity index (χ1n) is 6.36. The number of H-pyrrole nitrogens is 1. The molecule has 0 bridgehead atoms. The van der Waals surface area contributed by atoms with Gasteiger partial charge in [0.05, 0.1) is 6.20 Å². The molecular formula is C11H20N4O2S. The summed E-state index contributed by atoms with van der Waals surface area (Å²) in [5.41, 5.74) is 0. The van der Waals surface area contributed by atoms with Crippen LogP contribution < -0.4 is 10.0 Å². The third kappa shape index (κ3) is 3.30. The van der Waals surface area contributed by atoms with Gasteiger partial charge in [0.2, 0.25) is 10.0 Å². The molecule has 0 spiro atoms. The van der Waals surface area contributed by atoms with E-state index in [0.717, 1.165) is 32.2 Å².